The average molecular weight is 286 g/mol. The Hall–Kier alpha value is -1.98. The van der Waals surface area contributed by atoms with E-state index in [2.05, 4.69) is 26.0 Å². The molecular formula is C17H16ClNO. The van der Waals surface area contributed by atoms with Crippen molar-refractivity contribution in [2.75, 3.05) is 0 Å². The Balaban J connectivity index is 2.37. The molecule has 0 heterocycles. The second kappa shape index (κ2) is 5.98. The van der Waals surface area contributed by atoms with Gasteiger partial charge in [0, 0.05) is 6.07 Å². The molecule has 2 rings (SSSR count). The fourth-order valence-electron chi connectivity index (χ4n) is 1.98. The van der Waals surface area contributed by atoms with E-state index >= 15 is 0 Å². The molecule has 0 spiro atoms. The number of rotatable bonds is 3. The van der Waals surface area contributed by atoms with Gasteiger partial charge in [-0.3, -0.25) is 0 Å². The Morgan fingerprint density at radius 3 is 2.50 bits per heavy atom. The summed E-state index contributed by atoms with van der Waals surface area (Å²) in [6.07, 6.45) is 0. The Morgan fingerprint density at radius 1 is 1.15 bits per heavy atom. The molecule has 0 saturated carbocycles. The van der Waals surface area contributed by atoms with Gasteiger partial charge in [-0.05, 0) is 42.2 Å². The lowest BCUT2D eigenvalue weighted by Crippen LogP contribution is -1.95. The van der Waals surface area contributed by atoms with Gasteiger partial charge in [-0.25, -0.2) is 0 Å². The first kappa shape index (κ1) is 14.4. The number of halogens is 1. The van der Waals surface area contributed by atoms with E-state index in [0.29, 0.717) is 22.3 Å². The monoisotopic (exact) mass is 285 g/mol. The first-order valence-corrected chi connectivity index (χ1v) is 6.87. The maximum absolute atomic E-state index is 8.88. The predicted octanol–water partition coefficient (Wildman–Crippen LogP) is 5.44. The normalized spacial score (nSPS) is 10.4. The van der Waals surface area contributed by atoms with E-state index in [4.69, 9.17) is 21.6 Å². The molecule has 2 aromatic rings. The zero-order chi connectivity index (χ0) is 14.7. The molecule has 0 aromatic heterocycles. The molecule has 20 heavy (non-hydrogen) atoms. The summed E-state index contributed by atoms with van der Waals surface area (Å²) in [5.74, 6) is 1.85. The molecule has 0 atom stereocenters. The molecule has 0 N–H and O–H groups in total. The van der Waals surface area contributed by atoms with E-state index < -0.39 is 0 Å². The van der Waals surface area contributed by atoms with Gasteiger partial charge in [0.1, 0.15) is 17.6 Å². The van der Waals surface area contributed by atoms with Gasteiger partial charge in [0.05, 0.1) is 10.6 Å². The summed E-state index contributed by atoms with van der Waals surface area (Å²) in [6.45, 7) is 6.29. The molecule has 0 amide bonds. The molecule has 2 nitrogen and oxygen atoms in total. The number of nitriles is 1. The number of hydrogen-bond donors (Lipinski definition) is 0. The molecule has 0 radical (unpaired) electrons. The van der Waals surface area contributed by atoms with Gasteiger partial charge >= 0.3 is 0 Å². The zero-order valence-corrected chi connectivity index (χ0v) is 12.5. The largest absolute Gasteiger partial charge is 0.457 e. The molecule has 0 fully saturated rings. The van der Waals surface area contributed by atoms with Crippen molar-refractivity contribution < 1.29 is 4.74 Å². The van der Waals surface area contributed by atoms with Gasteiger partial charge in [-0.1, -0.05) is 37.6 Å². The number of hydrogen-bond acceptors (Lipinski definition) is 2. The van der Waals surface area contributed by atoms with E-state index in [0.717, 1.165) is 16.9 Å². The van der Waals surface area contributed by atoms with Gasteiger partial charge in [-0.15, -0.1) is 0 Å². The smallest absolute Gasteiger partial charge is 0.131 e. The third-order valence-electron chi connectivity index (χ3n) is 3.08. The molecule has 0 aliphatic heterocycles. The fraction of sp³-hybridized carbons (Fsp3) is 0.235. The van der Waals surface area contributed by atoms with E-state index in [9.17, 15) is 0 Å². The van der Waals surface area contributed by atoms with E-state index in [1.54, 1.807) is 18.2 Å². The minimum atomic E-state index is 0.374. The highest BCUT2D eigenvalue weighted by Gasteiger charge is 2.10. The lowest BCUT2D eigenvalue weighted by atomic mass is 10.0. The van der Waals surface area contributed by atoms with Gasteiger partial charge < -0.3 is 4.74 Å². The molecule has 0 bridgehead atoms. The number of ether oxygens (including phenoxy) is 1. The van der Waals surface area contributed by atoms with Gasteiger partial charge in [0.2, 0.25) is 0 Å². The summed E-state index contributed by atoms with van der Waals surface area (Å²) in [5, 5.41) is 9.28. The maximum Gasteiger partial charge on any atom is 0.131 e. The summed E-state index contributed by atoms with van der Waals surface area (Å²) in [4.78, 5) is 0. The van der Waals surface area contributed by atoms with Crippen molar-refractivity contribution in [3.05, 3.63) is 58.1 Å². The van der Waals surface area contributed by atoms with Crippen LogP contribution in [0.4, 0.5) is 0 Å². The van der Waals surface area contributed by atoms with Crippen LogP contribution in [-0.2, 0) is 0 Å². The number of benzene rings is 2. The molecule has 0 aliphatic carbocycles. The predicted molar refractivity (Wildman–Crippen MR) is 81.5 cm³/mol. The van der Waals surface area contributed by atoms with Crippen LogP contribution in [0.25, 0.3) is 0 Å². The summed E-state index contributed by atoms with van der Waals surface area (Å²) in [7, 11) is 0. The van der Waals surface area contributed by atoms with E-state index in [1.165, 1.54) is 0 Å². The van der Waals surface area contributed by atoms with Crippen LogP contribution in [0.1, 0.15) is 36.5 Å². The highest BCUT2D eigenvalue weighted by atomic mass is 35.5. The van der Waals surface area contributed by atoms with E-state index in [-0.39, 0.29) is 0 Å². The first-order chi connectivity index (χ1) is 9.51. The van der Waals surface area contributed by atoms with Crippen LogP contribution < -0.4 is 4.74 Å². The van der Waals surface area contributed by atoms with E-state index in [1.807, 2.05) is 19.1 Å². The SMILES string of the molecule is Cc1ccc(C(C)C)c(Oc2ccc(C#N)c(Cl)c2)c1. The van der Waals surface area contributed by atoms with Crippen molar-refractivity contribution in [2.45, 2.75) is 26.7 Å². The number of nitrogens with zero attached hydrogens (tertiary/aromatic N) is 1. The van der Waals surface area contributed by atoms with Crippen molar-refractivity contribution in [1.29, 1.82) is 5.26 Å². The Bertz CT molecular complexity index is 671. The second-order valence-corrected chi connectivity index (χ2v) is 5.46. The van der Waals surface area contributed by atoms with Crippen LogP contribution in [0.5, 0.6) is 11.5 Å². The van der Waals surface area contributed by atoms with Gasteiger partial charge in [0.25, 0.3) is 0 Å². The molecule has 0 unspecified atom stereocenters. The summed E-state index contributed by atoms with van der Waals surface area (Å²) < 4.78 is 5.94. The average Bonchev–Trinajstić information content (AvgIpc) is 2.38. The lowest BCUT2D eigenvalue weighted by molar-refractivity contribution is 0.472. The highest BCUT2D eigenvalue weighted by Crippen LogP contribution is 2.33. The van der Waals surface area contributed by atoms with Gasteiger partial charge in [0.15, 0.2) is 0 Å². The molecule has 3 heteroatoms. The quantitative estimate of drug-likeness (QED) is 0.752. The minimum Gasteiger partial charge on any atom is -0.457 e. The van der Waals surface area contributed by atoms with Crippen molar-refractivity contribution in [2.24, 2.45) is 0 Å². The molecule has 2 aromatic carbocycles. The molecular weight excluding hydrogens is 270 g/mol. The summed E-state index contributed by atoms with van der Waals surface area (Å²) in [5.41, 5.74) is 2.74. The standard InChI is InChI=1S/C17H16ClNO/c1-11(2)15-7-4-12(3)8-17(15)20-14-6-5-13(10-19)16(18)9-14/h4-9,11H,1-3H3. The first-order valence-electron chi connectivity index (χ1n) is 6.49. The van der Waals surface area contributed by atoms with Crippen LogP contribution in [0.3, 0.4) is 0 Å². The van der Waals surface area contributed by atoms with Crippen LogP contribution in [0.2, 0.25) is 5.02 Å². The van der Waals surface area contributed by atoms with Crippen LogP contribution in [0, 0.1) is 18.3 Å². The van der Waals surface area contributed by atoms with Crippen molar-refractivity contribution in [3.63, 3.8) is 0 Å². The highest BCUT2D eigenvalue weighted by molar-refractivity contribution is 6.31. The van der Waals surface area contributed by atoms with Crippen LogP contribution in [0.15, 0.2) is 36.4 Å². The molecule has 102 valence electrons. The van der Waals surface area contributed by atoms with Crippen molar-refractivity contribution >= 4 is 11.6 Å². The zero-order valence-electron chi connectivity index (χ0n) is 11.8. The fourth-order valence-corrected chi connectivity index (χ4v) is 2.20. The van der Waals surface area contributed by atoms with Crippen LogP contribution in [-0.4, -0.2) is 0 Å². The maximum atomic E-state index is 8.88. The topological polar surface area (TPSA) is 33.0 Å². The van der Waals surface area contributed by atoms with Gasteiger partial charge in [-0.2, -0.15) is 5.26 Å². The number of aryl methyl sites for hydroxylation is 1. The molecule has 0 aliphatic rings. The Morgan fingerprint density at radius 2 is 1.90 bits per heavy atom. The van der Waals surface area contributed by atoms with Crippen LogP contribution >= 0.6 is 11.6 Å². The minimum absolute atomic E-state index is 0.374. The third-order valence-corrected chi connectivity index (χ3v) is 3.39. The Labute approximate surface area is 124 Å². The molecule has 0 saturated heterocycles. The summed E-state index contributed by atoms with van der Waals surface area (Å²) in [6, 6.07) is 13.3. The van der Waals surface area contributed by atoms with Crippen molar-refractivity contribution in [1.82, 2.24) is 0 Å². The Kier molecular flexibility index (Phi) is 4.32. The third kappa shape index (κ3) is 3.12. The lowest BCUT2D eigenvalue weighted by Gasteiger charge is -2.15. The summed E-state index contributed by atoms with van der Waals surface area (Å²) >= 11 is 6.03. The second-order valence-electron chi connectivity index (χ2n) is 5.05. The van der Waals surface area contributed by atoms with Crippen molar-refractivity contribution in [3.8, 4) is 17.6 Å².